The van der Waals surface area contributed by atoms with Crippen LogP contribution in [0.3, 0.4) is 0 Å². The molecule has 0 saturated heterocycles. The summed E-state index contributed by atoms with van der Waals surface area (Å²) in [6.45, 7) is 1.59. The van der Waals surface area contributed by atoms with E-state index in [4.69, 9.17) is 16.7 Å². The van der Waals surface area contributed by atoms with Crippen LogP contribution in [0.1, 0.15) is 5.56 Å². The van der Waals surface area contributed by atoms with E-state index in [1.165, 1.54) is 0 Å². The highest BCUT2D eigenvalue weighted by molar-refractivity contribution is 9.10. The Morgan fingerprint density at radius 1 is 1.62 bits per heavy atom. The Kier molecular flexibility index (Phi) is 2.96. The van der Waals surface area contributed by atoms with Gasteiger partial charge in [0.2, 0.25) is 10.0 Å². The summed E-state index contributed by atoms with van der Waals surface area (Å²) in [6, 6.07) is 0. The van der Waals surface area contributed by atoms with Gasteiger partial charge in [-0.1, -0.05) is 11.6 Å². The number of aromatic nitrogens is 1. The van der Waals surface area contributed by atoms with Gasteiger partial charge >= 0.3 is 0 Å². The van der Waals surface area contributed by atoms with Crippen LogP contribution in [0.2, 0.25) is 5.15 Å². The monoisotopic (exact) mass is 284 g/mol. The predicted molar refractivity (Wildman–Crippen MR) is 53.1 cm³/mol. The van der Waals surface area contributed by atoms with Crippen molar-refractivity contribution in [3.8, 4) is 0 Å². The van der Waals surface area contributed by atoms with Gasteiger partial charge in [-0.15, -0.1) is 0 Å². The molecule has 4 nitrogen and oxygen atoms in total. The Labute approximate surface area is 89.3 Å². The molecule has 0 unspecified atom stereocenters. The summed E-state index contributed by atoms with van der Waals surface area (Å²) in [5.41, 5.74) is 0.461. The molecule has 1 aromatic heterocycles. The summed E-state index contributed by atoms with van der Waals surface area (Å²) in [7, 11) is -3.72. The smallest absolute Gasteiger partial charge is 0.239 e. The van der Waals surface area contributed by atoms with E-state index in [1.54, 1.807) is 6.92 Å². The molecule has 1 rings (SSSR count). The summed E-state index contributed by atoms with van der Waals surface area (Å²) in [5, 5.41) is 5.16. The third-order valence-corrected chi connectivity index (χ3v) is 3.99. The second-order valence-electron chi connectivity index (χ2n) is 2.40. The molecule has 0 aliphatic heterocycles. The molecule has 72 valence electrons. The summed E-state index contributed by atoms with van der Waals surface area (Å²) < 4.78 is 22.4. The summed E-state index contributed by atoms with van der Waals surface area (Å²) >= 11 is 8.75. The van der Waals surface area contributed by atoms with Gasteiger partial charge in [0.15, 0.2) is 0 Å². The maximum Gasteiger partial charge on any atom is 0.239 e. The van der Waals surface area contributed by atoms with Crippen LogP contribution in [0, 0.1) is 6.92 Å². The molecule has 13 heavy (non-hydrogen) atoms. The van der Waals surface area contributed by atoms with Gasteiger partial charge in [0.05, 0.1) is 4.47 Å². The van der Waals surface area contributed by atoms with Crippen LogP contribution in [0.5, 0.6) is 0 Å². The first-order valence-corrected chi connectivity index (χ1v) is 5.89. The number of nitrogens with two attached hydrogens (primary N) is 1. The van der Waals surface area contributed by atoms with Crippen molar-refractivity contribution in [2.75, 3.05) is 0 Å². The van der Waals surface area contributed by atoms with E-state index < -0.39 is 10.0 Å². The minimum atomic E-state index is -3.72. The van der Waals surface area contributed by atoms with Crippen molar-refractivity contribution in [2.45, 2.75) is 11.8 Å². The van der Waals surface area contributed by atoms with Gasteiger partial charge in [0, 0.05) is 6.20 Å². The lowest BCUT2D eigenvalue weighted by Gasteiger charge is -2.05. The Bertz CT molecular complexity index is 446. The van der Waals surface area contributed by atoms with Crippen LogP contribution in [-0.2, 0) is 10.0 Å². The molecule has 0 amide bonds. The Morgan fingerprint density at radius 3 is 2.62 bits per heavy atom. The van der Waals surface area contributed by atoms with Gasteiger partial charge in [-0.3, -0.25) is 0 Å². The van der Waals surface area contributed by atoms with E-state index in [1.807, 2.05) is 0 Å². The largest absolute Gasteiger partial charge is 0.242 e. The van der Waals surface area contributed by atoms with Crippen LogP contribution in [0.15, 0.2) is 15.6 Å². The van der Waals surface area contributed by atoms with Crippen molar-refractivity contribution in [3.05, 3.63) is 21.4 Å². The molecule has 0 saturated carbocycles. The fourth-order valence-corrected chi connectivity index (χ4v) is 2.18. The molecule has 0 aliphatic rings. The standard InChI is InChI=1S/C6H6BrClN2O2S/c1-3-4(13(9,11)12)2-10-6(8)5(3)7/h2H,1H3,(H2,9,11,12). The minimum absolute atomic E-state index is 0.0243. The van der Waals surface area contributed by atoms with Crippen molar-refractivity contribution in [1.82, 2.24) is 4.98 Å². The van der Waals surface area contributed by atoms with Gasteiger partial charge in [0.1, 0.15) is 10.0 Å². The summed E-state index contributed by atoms with van der Waals surface area (Å²) in [6.07, 6.45) is 1.14. The second-order valence-corrected chi connectivity index (χ2v) is 5.08. The fraction of sp³-hybridized carbons (Fsp3) is 0.167. The lowest BCUT2D eigenvalue weighted by atomic mass is 10.3. The van der Waals surface area contributed by atoms with E-state index in [9.17, 15) is 8.42 Å². The highest BCUT2D eigenvalue weighted by atomic mass is 79.9. The van der Waals surface area contributed by atoms with Crippen LogP contribution in [0.25, 0.3) is 0 Å². The molecule has 0 fully saturated rings. The number of sulfonamides is 1. The number of pyridine rings is 1. The van der Waals surface area contributed by atoms with Crippen molar-refractivity contribution >= 4 is 37.6 Å². The van der Waals surface area contributed by atoms with E-state index in [0.29, 0.717) is 10.0 Å². The van der Waals surface area contributed by atoms with Crippen molar-refractivity contribution in [1.29, 1.82) is 0 Å². The maximum atomic E-state index is 11.0. The molecule has 0 spiro atoms. The van der Waals surface area contributed by atoms with Gasteiger partial charge in [-0.25, -0.2) is 18.5 Å². The number of hydrogen-bond donors (Lipinski definition) is 1. The molecule has 1 aromatic rings. The third kappa shape index (κ3) is 2.19. The van der Waals surface area contributed by atoms with Gasteiger partial charge < -0.3 is 0 Å². The first kappa shape index (κ1) is 10.9. The predicted octanol–water partition coefficient (Wildman–Crippen LogP) is 1.45. The highest BCUT2D eigenvalue weighted by Gasteiger charge is 2.15. The molecule has 0 radical (unpaired) electrons. The lowest BCUT2D eigenvalue weighted by Crippen LogP contribution is -2.14. The number of nitrogens with zero attached hydrogens (tertiary/aromatic N) is 1. The Morgan fingerprint density at radius 2 is 2.15 bits per heavy atom. The van der Waals surface area contributed by atoms with Crippen LogP contribution in [-0.4, -0.2) is 13.4 Å². The molecule has 0 aromatic carbocycles. The van der Waals surface area contributed by atoms with E-state index >= 15 is 0 Å². The number of hydrogen-bond acceptors (Lipinski definition) is 3. The summed E-state index contributed by atoms with van der Waals surface area (Å²) in [4.78, 5) is 3.64. The number of primary sulfonamides is 1. The molecule has 0 aliphatic carbocycles. The van der Waals surface area contributed by atoms with Crippen LogP contribution < -0.4 is 5.14 Å². The van der Waals surface area contributed by atoms with E-state index in [2.05, 4.69) is 20.9 Å². The number of halogens is 2. The van der Waals surface area contributed by atoms with Crippen molar-refractivity contribution in [3.63, 3.8) is 0 Å². The van der Waals surface area contributed by atoms with Gasteiger partial charge in [-0.2, -0.15) is 0 Å². The quantitative estimate of drug-likeness (QED) is 0.794. The topological polar surface area (TPSA) is 73.1 Å². The SMILES string of the molecule is Cc1c(S(N)(=O)=O)cnc(Cl)c1Br. The van der Waals surface area contributed by atoms with Gasteiger partial charge in [-0.05, 0) is 28.4 Å². The van der Waals surface area contributed by atoms with Crippen molar-refractivity contribution < 1.29 is 8.42 Å². The first-order valence-electron chi connectivity index (χ1n) is 3.17. The van der Waals surface area contributed by atoms with Crippen LogP contribution >= 0.6 is 27.5 Å². The highest BCUT2D eigenvalue weighted by Crippen LogP contribution is 2.27. The average Bonchev–Trinajstić information content (AvgIpc) is 1.98. The maximum absolute atomic E-state index is 11.0. The van der Waals surface area contributed by atoms with Crippen LogP contribution in [0.4, 0.5) is 0 Å². The lowest BCUT2D eigenvalue weighted by molar-refractivity contribution is 0.596. The van der Waals surface area contributed by atoms with E-state index in [0.717, 1.165) is 6.20 Å². The molecular weight excluding hydrogens is 280 g/mol. The Hall–Kier alpha value is -0.170. The molecule has 1 heterocycles. The van der Waals surface area contributed by atoms with Crippen molar-refractivity contribution in [2.24, 2.45) is 5.14 Å². The zero-order valence-corrected chi connectivity index (χ0v) is 9.74. The minimum Gasteiger partial charge on any atom is -0.242 e. The molecule has 2 N–H and O–H groups in total. The summed E-state index contributed by atoms with van der Waals surface area (Å²) in [5.74, 6) is 0. The fourth-order valence-electron chi connectivity index (χ4n) is 0.819. The Balaban J connectivity index is 3.53. The molecule has 0 atom stereocenters. The number of rotatable bonds is 1. The average molecular weight is 286 g/mol. The second kappa shape index (κ2) is 3.53. The zero-order valence-electron chi connectivity index (χ0n) is 6.58. The molecule has 0 bridgehead atoms. The normalized spacial score (nSPS) is 11.7. The zero-order chi connectivity index (χ0) is 10.2. The molecular formula is C6H6BrClN2O2S. The van der Waals surface area contributed by atoms with Gasteiger partial charge in [0.25, 0.3) is 0 Å². The van der Waals surface area contributed by atoms with E-state index in [-0.39, 0.29) is 10.0 Å². The molecule has 7 heteroatoms. The third-order valence-electron chi connectivity index (χ3n) is 1.48. The first-order chi connectivity index (χ1) is 5.84.